The zero-order valence-corrected chi connectivity index (χ0v) is 11.1. The number of nitrogens with two attached hydrogens (primary N) is 1. The predicted octanol–water partition coefficient (Wildman–Crippen LogP) is 1.75. The van der Waals surface area contributed by atoms with E-state index in [1.807, 2.05) is 24.3 Å². The Morgan fingerprint density at radius 1 is 1.25 bits per heavy atom. The molecule has 0 amide bonds. The van der Waals surface area contributed by atoms with Gasteiger partial charge in [-0.1, -0.05) is 17.3 Å². The molecule has 0 aliphatic carbocycles. The zero-order chi connectivity index (χ0) is 13.8. The van der Waals surface area contributed by atoms with Gasteiger partial charge in [-0.2, -0.15) is 4.98 Å². The summed E-state index contributed by atoms with van der Waals surface area (Å²) < 4.78 is 16.4. The number of rotatable bonds is 4. The van der Waals surface area contributed by atoms with Gasteiger partial charge in [-0.15, -0.1) is 0 Å². The zero-order valence-electron chi connectivity index (χ0n) is 11.1. The van der Waals surface area contributed by atoms with E-state index in [1.54, 1.807) is 0 Å². The fourth-order valence-electron chi connectivity index (χ4n) is 2.17. The lowest BCUT2D eigenvalue weighted by Crippen LogP contribution is -2.26. The summed E-state index contributed by atoms with van der Waals surface area (Å²) in [7, 11) is 0. The van der Waals surface area contributed by atoms with Crippen molar-refractivity contribution in [2.75, 3.05) is 13.2 Å². The van der Waals surface area contributed by atoms with E-state index >= 15 is 0 Å². The van der Waals surface area contributed by atoms with Crippen LogP contribution in [0.25, 0.3) is 11.4 Å². The average molecular weight is 275 g/mol. The second-order valence-electron chi connectivity index (χ2n) is 4.64. The van der Waals surface area contributed by atoms with Gasteiger partial charge in [0.1, 0.15) is 11.9 Å². The minimum atomic E-state index is 0.172. The highest BCUT2D eigenvalue weighted by molar-refractivity contribution is 5.63. The van der Waals surface area contributed by atoms with Crippen molar-refractivity contribution in [1.29, 1.82) is 0 Å². The van der Waals surface area contributed by atoms with Crippen molar-refractivity contribution in [3.63, 3.8) is 0 Å². The van der Waals surface area contributed by atoms with E-state index < -0.39 is 0 Å². The Hall–Kier alpha value is -1.92. The van der Waals surface area contributed by atoms with Crippen LogP contribution in [-0.4, -0.2) is 29.5 Å². The van der Waals surface area contributed by atoms with Gasteiger partial charge in [0.05, 0.1) is 25.3 Å². The van der Waals surface area contributed by atoms with E-state index in [1.165, 1.54) is 0 Å². The average Bonchev–Trinajstić information content (AvgIpc) is 2.98. The summed E-state index contributed by atoms with van der Waals surface area (Å²) in [6, 6.07) is 7.69. The normalized spacial score (nSPS) is 16.2. The largest absolute Gasteiger partial charge is 0.489 e. The standard InChI is InChI=1S/C14H17N3O3/c15-9-13-16-14(17-20-13)11-3-1-2-4-12(11)19-10-5-7-18-8-6-10/h1-4,10H,5-9,15H2. The van der Waals surface area contributed by atoms with Crippen LogP contribution in [0, 0.1) is 0 Å². The Bertz CT molecular complexity index is 564. The van der Waals surface area contributed by atoms with Crippen molar-refractivity contribution < 1.29 is 14.0 Å². The lowest BCUT2D eigenvalue weighted by Gasteiger charge is -2.24. The van der Waals surface area contributed by atoms with Crippen molar-refractivity contribution in [2.24, 2.45) is 5.73 Å². The van der Waals surface area contributed by atoms with Gasteiger partial charge < -0.3 is 19.7 Å². The van der Waals surface area contributed by atoms with Gasteiger partial charge in [0.2, 0.25) is 11.7 Å². The molecule has 0 unspecified atom stereocenters. The van der Waals surface area contributed by atoms with Gasteiger partial charge >= 0.3 is 0 Å². The molecule has 1 saturated heterocycles. The predicted molar refractivity (Wildman–Crippen MR) is 72.1 cm³/mol. The molecule has 1 fully saturated rings. The van der Waals surface area contributed by atoms with Crippen molar-refractivity contribution in [3.05, 3.63) is 30.2 Å². The Morgan fingerprint density at radius 3 is 2.80 bits per heavy atom. The number of hydrogen-bond acceptors (Lipinski definition) is 6. The van der Waals surface area contributed by atoms with E-state index in [4.69, 9.17) is 19.7 Å². The molecule has 2 aromatic rings. The first-order valence-electron chi connectivity index (χ1n) is 6.73. The second-order valence-corrected chi connectivity index (χ2v) is 4.64. The van der Waals surface area contributed by atoms with E-state index in [0.29, 0.717) is 11.7 Å². The summed E-state index contributed by atoms with van der Waals surface area (Å²) >= 11 is 0. The summed E-state index contributed by atoms with van der Waals surface area (Å²) in [5.41, 5.74) is 6.31. The number of nitrogens with zero attached hydrogens (tertiary/aromatic N) is 2. The molecule has 0 atom stereocenters. The molecule has 0 bridgehead atoms. The Kier molecular flexibility index (Phi) is 3.94. The molecule has 106 valence electrons. The van der Waals surface area contributed by atoms with Crippen molar-refractivity contribution in [3.8, 4) is 17.1 Å². The molecule has 0 radical (unpaired) electrons. The molecule has 1 aromatic heterocycles. The summed E-state index contributed by atoms with van der Waals surface area (Å²) in [6.45, 7) is 1.72. The summed E-state index contributed by atoms with van der Waals surface area (Å²) in [5, 5.41) is 3.94. The molecule has 0 saturated carbocycles. The number of hydrogen-bond donors (Lipinski definition) is 1. The van der Waals surface area contributed by atoms with Crippen LogP contribution in [0.2, 0.25) is 0 Å². The molecule has 0 spiro atoms. The van der Waals surface area contributed by atoms with E-state index in [2.05, 4.69) is 10.1 Å². The van der Waals surface area contributed by atoms with Gasteiger partial charge in [0.25, 0.3) is 0 Å². The maximum Gasteiger partial charge on any atom is 0.240 e. The van der Waals surface area contributed by atoms with E-state index in [-0.39, 0.29) is 12.6 Å². The molecule has 6 heteroatoms. The Labute approximate surface area is 116 Å². The van der Waals surface area contributed by atoms with Crippen LogP contribution >= 0.6 is 0 Å². The monoisotopic (exact) mass is 275 g/mol. The minimum Gasteiger partial charge on any atom is -0.489 e. The SMILES string of the molecule is NCc1nc(-c2ccccc2OC2CCOCC2)no1. The van der Waals surface area contributed by atoms with Gasteiger partial charge in [0.15, 0.2) is 0 Å². The number of ether oxygens (including phenoxy) is 2. The molecule has 6 nitrogen and oxygen atoms in total. The highest BCUT2D eigenvalue weighted by atomic mass is 16.5. The first kappa shape index (κ1) is 13.1. The molecule has 1 aliphatic heterocycles. The van der Waals surface area contributed by atoms with Gasteiger partial charge in [-0.25, -0.2) is 0 Å². The lowest BCUT2D eigenvalue weighted by atomic mass is 10.1. The first-order valence-corrected chi connectivity index (χ1v) is 6.73. The number of benzene rings is 1. The molecular weight excluding hydrogens is 258 g/mol. The maximum absolute atomic E-state index is 6.05. The highest BCUT2D eigenvalue weighted by Crippen LogP contribution is 2.29. The lowest BCUT2D eigenvalue weighted by molar-refractivity contribution is 0.0258. The highest BCUT2D eigenvalue weighted by Gasteiger charge is 2.19. The Balaban J connectivity index is 1.83. The first-order chi connectivity index (χ1) is 9.86. The second kappa shape index (κ2) is 6.02. The van der Waals surface area contributed by atoms with E-state index in [9.17, 15) is 0 Å². The fourth-order valence-corrected chi connectivity index (χ4v) is 2.17. The summed E-state index contributed by atoms with van der Waals surface area (Å²) in [5.74, 6) is 1.69. The minimum absolute atomic E-state index is 0.172. The molecule has 1 aliphatic rings. The third kappa shape index (κ3) is 2.81. The van der Waals surface area contributed by atoms with Gasteiger partial charge in [0, 0.05) is 12.8 Å². The van der Waals surface area contributed by atoms with Crippen LogP contribution in [0.5, 0.6) is 5.75 Å². The quantitative estimate of drug-likeness (QED) is 0.915. The molecule has 1 aromatic carbocycles. The van der Waals surface area contributed by atoms with Gasteiger partial charge in [-0.05, 0) is 12.1 Å². The maximum atomic E-state index is 6.05. The molecule has 2 heterocycles. The van der Waals surface area contributed by atoms with Crippen molar-refractivity contribution >= 4 is 0 Å². The molecule has 3 rings (SSSR count). The van der Waals surface area contributed by atoms with Crippen LogP contribution in [0.15, 0.2) is 28.8 Å². The smallest absolute Gasteiger partial charge is 0.240 e. The van der Waals surface area contributed by atoms with Crippen LogP contribution in [0.3, 0.4) is 0 Å². The topological polar surface area (TPSA) is 83.4 Å². The van der Waals surface area contributed by atoms with Gasteiger partial charge in [-0.3, -0.25) is 0 Å². The van der Waals surface area contributed by atoms with Crippen LogP contribution < -0.4 is 10.5 Å². The number of para-hydroxylation sites is 1. The van der Waals surface area contributed by atoms with Crippen molar-refractivity contribution in [2.45, 2.75) is 25.5 Å². The summed E-state index contributed by atoms with van der Waals surface area (Å²) in [6.07, 6.45) is 1.97. The summed E-state index contributed by atoms with van der Waals surface area (Å²) in [4.78, 5) is 4.25. The van der Waals surface area contributed by atoms with Crippen LogP contribution in [0.1, 0.15) is 18.7 Å². The van der Waals surface area contributed by atoms with Crippen molar-refractivity contribution in [1.82, 2.24) is 10.1 Å². The molecule has 2 N–H and O–H groups in total. The third-order valence-electron chi connectivity index (χ3n) is 3.23. The third-order valence-corrected chi connectivity index (χ3v) is 3.23. The van der Waals surface area contributed by atoms with Crippen LogP contribution in [0.4, 0.5) is 0 Å². The molecule has 20 heavy (non-hydrogen) atoms. The Morgan fingerprint density at radius 2 is 2.05 bits per heavy atom. The van der Waals surface area contributed by atoms with Crippen LogP contribution in [-0.2, 0) is 11.3 Å². The molecular formula is C14H17N3O3. The number of aromatic nitrogens is 2. The fraction of sp³-hybridized carbons (Fsp3) is 0.429. The van der Waals surface area contributed by atoms with E-state index in [0.717, 1.165) is 37.4 Å².